The van der Waals surface area contributed by atoms with Crippen LogP contribution in [0.15, 0.2) is 52.5 Å². The van der Waals surface area contributed by atoms with Gasteiger partial charge in [-0.1, -0.05) is 18.9 Å². The molecule has 33 heavy (non-hydrogen) atoms. The van der Waals surface area contributed by atoms with Crippen LogP contribution in [-0.4, -0.2) is 32.7 Å². The minimum absolute atomic E-state index is 0.0162. The molecule has 1 N–H and O–H groups in total. The Morgan fingerprint density at radius 2 is 2.00 bits per heavy atom. The molecular formula is C25H29FN2O4S. The molecule has 1 aromatic carbocycles. The summed E-state index contributed by atoms with van der Waals surface area (Å²) in [5, 5.41) is 11.3. The number of benzene rings is 1. The van der Waals surface area contributed by atoms with Crippen LogP contribution >= 0.6 is 11.8 Å². The number of carbonyl (C=O) groups is 1. The van der Waals surface area contributed by atoms with E-state index in [9.17, 15) is 14.3 Å². The van der Waals surface area contributed by atoms with E-state index >= 15 is 0 Å². The number of aliphatic hydroxyl groups is 1. The monoisotopic (exact) mass is 472 g/mol. The molecule has 1 saturated carbocycles. The van der Waals surface area contributed by atoms with Crippen molar-refractivity contribution in [2.75, 3.05) is 0 Å². The number of hydrogen-bond acceptors (Lipinski definition) is 7. The fourth-order valence-corrected chi connectivity index (χ4v) is 5.43. The molecule has 1 fully saturated rings. The first-order chi connectivity index (χ1) is 15.9. The topological polar surface area (TPSA) is 81.5 Å². The highest BCUT2D eigenvalue weighted by Gasteiger charge is 2.48. The zero-order valence-electron chi connectivity index (χ0n) is 18.9. The second-order valence-corrected chi connectivity index (χ2v) is 9.93. The van der Waals surface area contributed by atoms with Gasteiger partial charge in [0.25, 0.3) is 0 Å². The molecule has 2 aromatic rings. The Labute approximate surface area is 197 Å². The van der Waals surface area contributed by atoms with Gasteiger partial charge < -0.3 is 14.6 Å². The van der Waals surface area contributed by atoms with E-state index in [0.717, 1.165) is 43.0 Å². The summed E-state index contributed by atoms with van der Waals surface area (Å²) in [6.07, 6.45) is 8.38. The van der Waals surface area contributed by atoms with Crippen LogP contribution in [0.4, 0.5) is 4.39 Å². The lowest BCUT2D eigenvalue weighted by atomic mass is 9.77. The third-order valence-electron chi connectivity index (χ3n) is 6.24. The molecule has 2 heterocycles. The van der Waals surface area contributed by atoms with Gasteiger partial charge in [-0.3, -0.25) is 0 Å². The summed E-state index contributed by atoms with van der Waals surface area (Å²) in [5.74, 6) is -0.538. The molecule has 2 aliphatic rings. The lowest BCUT2D eigenvalue weighted by Crippen LogP contribution is -2.45. The number of aryl methyl sites for hydroxylation is 1. The maximum atomic E-state index is 14.5. The number of aliphatic hydroxyl groups excluding tert-OH is 1. The van der Waals surface area contributed by atoms with Crippen molar-refractivity contribution in [1.82, 2.24) is 9.97 Å². The maximum Gasteiger partial charge on any atom is 0.349 e. The summed E-state index contributed by atoms with van der Waals surface area (Å²) in [4.78, 5) is 21.4. The van der Waals surface area contributed by atoms with E-state index in [1.807, 2.05) is 19.9 Å². The van der Waals surface area contributed by atoms with Gasteiger partial charge >= 0.3 is 5.97 Å². The molecule has 1 aliphatic heterocycles. The van der Waals surface area contributed by atoms with E-state index in [4.69, 9.17) is 9.47 Å². The predicted octanol–water partition coefficient (Wildman–Crippen LogP) is 5.77. The SMILES string of the molecule is CC(C)Oc1ccc(CCC2(C3CCCC3)CC(O)=C(Sc3ncccn3)C(=O)O2)cc1F. The molecule has 8 heteroatoms. The van der Waals surface area contributed by atoms with E-state index in [-0.39, 0.29) is 34.9 Å². The number of carbonyl (C=O) groups excluding carboxylic acids is 1. The van der Waals surface area contributed by atoms with Gasteiger partial charge in [-0.05, 0) is 81.0 Å². The lowest BCUT2D eigenvalue weighted by molar-refractivity contribution is -0.166. The van der Waals surface area contributed by atoms with E-state index in [2.05, 4.69) is 9.97 Å². The van der Waals surface area contributed by atoms with Crippen LogP contribution in [0, 0.1) is 11.7 Å². The minimum Gasteiger partial charge on any atom is -0.511 e. The van der Waals surface area contributed by atoms with E-state index in [0.29, 0.717) is 18.0 Å². The van der Waals surface area contributed by atoms with Crippen molar-refractivity contribution in [2.24, 2.45) is 5.92 Å². The number of halogens is 1. The number of cyclic esters (lactones) is 1. The van der Waals surface area contributed by atoms with Crippen LogP contribution < -0.4 is 4.74 Å². The summed E-state index contributed by atoms with van der Waals surface area (Å²) >= 11 is 1.02. The molecule has 1 unspecified atom stereocenters. The Hall–Kier alpha value is -2.61. The number of hydrogen-bond donors (Lipinski definition) is 1. The number of ether oxygens (including phenoxy) is 2. The van der Waals surface area contributed by atoms with Crippen molar-refractivity contribution in [3.8, 4) is 5.75 Å². The molecule has 0 radical (unpaired) electrons. The molecule has 4 rings (SSSR count). The highest BCUT2D eigenvalue weighted by molar-refractivity contribution is 8.03. The summed E-state index contributed by atoms with van der Waals surface area (Å²) < 4.78 is 26.1. The summed E-state index contributed by atoms with van der Waals surface area (Å²) in [7, 11) is 0. The van der Waals surface area contributed by atoms with Crippen LogP contribution in [0.1, 0.15) is 57.9 Å². The molecule has 1 aliphatic carbocycles. The Morgan fingerprint density at radius 1 is 1.27 bits per heavy atom. The molecule has 176 valence electrons. The van der Waals surface area contributed by atoms with Crippen molar-refractivity contribution in [1.29, 1.82) is 0 Å². The number of rotatable bonds is 8. The van der Waals surface area contributed by atoms with Crippen molar-refractivity contribution in [2.45, 2.75) is 75.7 Å². The smallest absolute Gasteiger partial charge is 0.349 e. The molecular weight excluding hydrogens is 443 g/mol. The molecule has 1 atom stereocenters. The van der Waals surface area contributed by atoms with Crippen molar-refractivity contribution < 1.29 is 23.8 Å². The van der Waals surface area contributed by atoms with Crippen LogP contribution in [0.2, 0.25) is 0 Å². The third kappa shape index (κ3) is 5.49. The molecule has 0 saturated heterocycles. The molecule has 0 spiro atoms. The largest absolute Gasteiger partial charge is 0.511 e. The fraction of sp³-hybridized carbons (Fsp3) is 0.480. The third-order valence-corrected chi connectivity index (χ3v) is 7.24. The van der Waals surface area contributed by atoms with Crippen molar-refractivity contribution >= 4 is 17.7 Å². The quantitative estimate of drug-likeness (QED) is 0.386. The standard InChI is InChI=1S/C25H29FN2O4S/c1-16(2)31-21-9-8-17(14-19(21)26)10-11-25(18-6-3-4-7-18)15-20(29)22(23(30)32-25)33-24-27-12-5-13-28-24/h5,8-9,12-14,16,18,29H,3-4,6-7,10-11,15H2,1-2H3. The average Bonchev–Trinajstić information content (AvgIpc) is 3.33. The molecule has 0 amide bonds. The van der Waals surface area contributed by atoms with Crippen LogP contribution in [0.25, 0.3) is 0 Å². The van der Waals surface area contributed by atoms with Gasteiger partial charge in [-0.2, -0.15) is 0 Å². The Morgan fingerprint density at radius 3 is 2.64 bits per heavy atom. The highest BCUT2D eigenvalue weighted by Crippen LogP contribution is 2.47. The summed E-state index contributed by atoms with van der Waals surface area (Å²) in [5.41, 5.74) is 0.00131. The van der Waals surface area contributed by atoms with Gasteiger partial charge in [-0.15, -0.1) is 0 Å². The first kappa shape index (κ1) is 23.5. The second-order valence-electron chi connectivity index (χ2n) is 8.95. The van der Waals surface area contributed by atoms with E-state index < -0.39 is 17.4 Å². The Balaban J connectivity index is 1.54. The average molecular weight is 473 g/mol. The second kappa shape index (κ2) is 10.1. The fourth-order valence-electron chi connectivity index (χ4n) is 4.71. The zero-order chi connectivity index (χ0) is 23.4. The zero-order valence-corrected chi connectivity index (χ0v) is 19.7. The molecule has 1 aromatic heterocycles. The van der Waals surface area contributed by atoms with Gasteiger partial charge in [-0.25, -0.2) is 19.2 Å². The Bertz CT molecular complexity index is 1020. The minimum atomic E-state index is -0.803. The molecule has 0 bridgehead atoms. The molecule has 6 nitrogen and oxygen atoms in total. The lowest BCUT2D eigenvalue weighted by Gasteiger charge is -2.41. The number of thioether (sulfide) groups is 1. The van der Waals surface area contributed by atoms with Gasteiger partial charge in [0.05, 0.1) is 6.10 Å². The van der Waals surface area contributed by atoms with Gasteiger partial charge in [0.1, 0.15) is 16.3 Å². The van der Waals surface area contributed by atoms with Crippen LogP contribution in [0.3, 0.4) is 0 Å². The number of esters is 1. The van der Waals surface area contributed by atoms with Gasteiger partial charge in [0, 0.05) is 18.8 Å². The Kier molecular flexibility index (Phi) is 7.22. The summed E-state index contributed by atoms with van der Waals surface area (Å²) in [6.45, 7) is 3.71. The maximum absolute atomic E-state index is 14.5. The first-order valence-corrected chi connectivity index (χ1v) is 12.2. The van der Waals surface area contributed by atoms with Crippen molar-refractivity contribution in [3.05, 3.63) is 58.7 Å². The number of nitrogens with zero attached hydrogens (tertiary/aromatic N) is 2. The van der Waals surface area contributed by atoms with E-state index in [1.54, 1.807) is 24.5 Å². The summed E-state index contributed by atoms with van der Waals surface area (Å²) in [6, 6.07) is 6.66. The van der Waals surface area contributed by atoms with Crippen molar-refractivity contribution in [3.63, 3.8) is 0 Å². The van der Waals surface area contributed by atoms with Gasteiger partial charge in [0.15, 0.2) is 16.7 Å². The van der Waals surface area contributed by atoms with Crippen LogP contribution in [-0.2, 0) is 16.0 Å². The highest BCUT2D eigenvalue weighted by atomic mass is 32.2. The number of aromatic nitrogens is 2. The predicted molar refractivity (Wildman–Crippen MR) is 123 cm³/mol. The first-order valence-electron chi connectivity index (χ1n) is 11.4. The van der Waals surface area contributed by atoms with Crippen LogP contribution in [0.5, 0.6) is 5.75 Å². The normalized spacial score (nSPS) is 21.5. The van der Waals surface area contributed by atoms with Gasteiger partial charge in [0.2, 0.25) is 0 Å². The van der Waals surface area contributed by atoms with E-state index in [1.165, 1.54) is 6.07 Å².